The second kappa shape index (κ2) is 7.30. The average molecular weight is 335 g/mol. The Morgan fingerprint density at radius 1 is 1.04 bits per heavy atom. The minimum Gasteiger partial charge on any atom is -0.273 e. The molecule has 5 nitrogen and oxygen atoms in total. The van der Waals surface area contributed by atoms with E-state index >= 15 is 0 Å². The first-order valence-corrected chi connectivity index (χ1v) is 8.51. The van der Waals surface area contributed by atoms with E-state index < -0.39 is 0 Å². The quantitative estimate of drug-likeness (QED) is 0.780. The van der Waals surface area contributed by atoms with Crippen LogP contribution in [0.2, 0.25) is 0 Å². The van der Waals surface area contributed by atoms with Crippen LogP contribution in [0.25, 0.3) is 10.9 Å². The summed E-state index contributed by atoms with van der Waals surface area (Å²) in [6, 6.07) is 15.0. The van der Waals surface area contributed by atoms with Crippen LogP contribution in [0.3, 0.4) is 0 Å². The summed E-state index contributed by atoms with van der Waals surface area (Å²) in [6.45, 7) is 3.96. The van der Waals surface area contributed by atoms with Crippen molar-refractivity contribution in [2.45, 2.75) is 33.1 Å². The number of carbonyl (C=O) groups is 1. The molecule has 2 aromatic carbocycles. The second-order valence-electron chi connectivity index (χ2n) is 5.89. The van der Waals surface area contributed by atoms with E-state index in [9.17, 15) is 9.59 Å². The number of fused-ring (bicyclic) bond motifs is 1. The molecular formula is C20H21N3O2. The Balaban J connectivity index is 1.99. The van der Waals surface area contributed by atoms with Crippen molar-refractivity contribution in [2.24, 2.45) is 0 Å². The minimum absolute atomic E-state index is 0.212. The van der Waals surface area contributed by atoms with Gasteiger partial charge < -0.3 is 0 Å². The first kappa shape index (κ1) is 16.9. The Morgan fingerprint density at radius 3 is 2.48 bits per heavy atom. The highest BCUT2D eigenvalue weighted by Gasteiger charge is 2.14. The number of nitrogens with zero attached hydrogens (tertiary/aromatic N) is 2. The number of nitrogens with one attached hydrogen (secondary N) is 1. The Morgan fingerprint density at radius 2 is 1.80 bits per heavy atom. The van der Waals surface area contributed by atoms with Gasteiger partial charge in [-0.2, -0.15) is 0 Å². The third kappa shape index (κ3) is 3.45. The fourth-order valence-corrected chi connectivity index (χ4v) is 2.90. The summed E-state index contributed by atoms with van der Waals surface area (Å²) in [5.41, 5.74) is 5.13. The van der Waals surface area contributed by atoms with Gasteiger partial charge in [0.25, 0.3) is 5.56 Å². The summed E-state index contributed by atoms with van der Waals surface area (Å²) in [6.07, 6.45) is 1.57. The highest BCUT2D eigenvalue weighted by Crippen LogP contribution is 2.15. The van der Waals surface area contributed by atoms with Gasteiger partial charge in [-0.15, -0.1) is 0 Å². The number of hydrogen-bond donors (Lipinski definition) is 1. The van der Waals surface area contributed by atoms with E-state index in [1.807, 2.05) is 56.3 Å². The normalized spacial score (nSPS) is 10.8. The first-order valence-electron chi connectivity index (χ1n) is 8.51. The van der Waals surface area contributed by atoms with E-state index in [0.29, 0.717) is 17.6 Å². The van der Waals surface area contributed by atoms with Gasteiger partial charge in [-0.25, -0.2) is 9.66 Å². The SMILES string of the molecule is CCc1cccc2c(=O)n(NC(=O)Cc3ccccc3)c(CC)nc12. The van der Waals surface area contributed by atoms with Crippen molar-refractivity contribution >= 4 is 16.8 Å². The zero-order valence-corrected chi connectivity index (χ0v) is 14.5. The van der Waals surface area contributed by atoms with E-state index in [1.54, 1.807) is 6.07 Å². The third-order valence-corrected chi connectivity index (χ3v) is 4.19. The molecule has 128 valence electrons. The smallest absolute Gasteiger partial charge is 0.273 e. The molecular weight excluding hydrogens is 314 g/mol. The number of aryl methyl sites for hydroxylation is 2. The second-order valence-corrected chi connectivity index (χ2v) is 5.89. The largest absolute Gasteiger partial charge is 0.280 e. The molecule has 0 aliphatic heterocycles. The molecule has 0 bridgehead atoms. The van der Waals surface area contributed by atoms with Gasteiger partial charge in [-0.1, -0.05) is 56.3 Å². The predicted molar refractivity (Wildman–Crippen MR) is 99.3 cm³/mol. The predicted octanol–water partition coefficient (Wildman–Crippen LogP) is 2.83. The van der Waals surface area contributed by atoms with Crippen molar-refractivity contribution in [1.82, 2.24) is 9.66 Å². The lowest BCUT2D eigenvalue weighted by Gasteiger charge is -2.14. The lowest BCUT2D eigenvalue weighted by Crippen LogP contribution is -2.37. The summed E-state index contributed by atoms with van der Waals surface area (Å²) in [5, 5.41) is 0.525. The summed E-state index contributed by atoms with van der Waals surface area (Å²) in [5.74, 6) is 0.315. The van der Waals surface area contributed by atoms with Gasteiger partial charge >= 0.3 is 0 Å². The van der Waals surface area contributed by atoms with Crippen LogP contribution in [0.4, 0.5) is 0 Å². The van der Waals surface area contributed by atoms with Crippen LogP contribution in [-0.2, 0) is 24.1 Å². The fourth-order valence-electron chi connectivity index (χ4n) is 2.90. The van der Waals surface area contributed by atoms with Crippen molar-refractivity contribution in [3.63, 3.8) is 0 Å². The van der Waals surface area contributed by atoms with Gasteiger partial charge in [0.1, 0.15) is 5.82 Å². The Kier molecular flexibility index (Phi) is 4.93. The Bertz CT molecular complexity index is 962. The number of benzene rings is 2. The third-order valence-electron chi connectivity index (χ3n) is 4.19. The van der Waals surface area contributed by atoms with E-state index in [1.165, 1.54) is 4.68 Å². The Labute approximate surface area is 146 Å². The topological polar surface area (TPSA) is 64.0 Å². The average Bonchev–Trinajstić information content (AvgIpc) is 2.64. The maximum absolute atomic E-state index is 12.9. The molecule has 25 heavy (non-hydrogen) atoms. The van der Waals surface area contributed by atoms with Crippen LogP contribution in [0.1, 0.15) is 30.8 Å². The van der Waals surface area contributed by atoms with Gasteiger partial charge in [0.2, 0.25) is 5.91 Å². The van der Waals surface area contributed by atoms with Gasteiger partial charge in [0, 0.05) is 6.42 Å². The van der Waals surface area contributed by atoms with Crippen molar-refractivity contribution in [3.05, 3.63) is 75.8 Å². The highest BCUT2D eigenvalue weighted by molar-refractivity contribution is 5.87. The van der Waals surface area contributed by atoms with E-state index in [4.69, 9.17) is 0 Å². The van der Waals surface area contributed by atoms with Crippen molar-refractivity contribution in [2.75, 3.05) is 5.43 Å². The fraction of sp³-hybridized carbons (Fsp3) is 0.250. The van der Waals surface area contributed by atoms with Crippen LogP contribution in [-0.4, -0.2) is 15.6 Å². The molecule has 1 amide bonds. The zero-order valence-electron chi connectivity index (χ0n) is 14.5. The van der Waals surface area contributed by atoms with Crippen LogP contribution in [0.5, 0.6) is 0 Å². The van der Waals surface area contributed by atoms with Crippen molar-refractivity contribution in [3.8, 4) is 0 Å². The van der Waals surface area contributed by atoms with Crippen molar-refractivity contribution in [1.29, 1.82) is 0 Å². The van der Waals surface area contributed by atoms with Gasteiger partial charge in [0.05, 0.1) is 17.3 Å². The molecule has 0 unspecified atom stereocenters. The molecule has 0 atom stereocenters. The van der Waals surface area contributed by atoms with E-state index in [-0.39, 0.29) is 17.9 Å². The number of amides is 1. The zero-order chi connectivity index (χ0) is 17.8. The van der Waals surface area contributed by atoms with E-state index in [0.717, 1.165) is 23.1 Å². The molecule has 1 N–H and O–H groups in total. The number of hydrogen-bond acceptors (Lipinski definition) is 3. The van der Waals surface area contributed by atoms with Crippen LogP contribution in [0, 0.1) is 0 Å². The molecule has 1 heterocycles. The van der Waals surface area contributed by atoms with Gasteiger partial charge in [-0.05, 0) is 23.6 Å². The summed E-state index contributed by atoms with van der Waals surface area (Å²) >= 11 is 0. The minimum atomic E-state index is -0.240. The monoisotopic (exact) mass is 335 g/mol. The molecule has 3 rings (SSSR count). The molecule has 0 spiro atoms. The number of aromatic nitrogens is 2. The van der Waals surface area contributed by atoms with Crippen molar-refractivity contribution < 1.29 is 4.79 Å². The number of para-hydroxylation sites is 1. The maximum atomic E-state index is 12.9. The summed E-state index contributed by atoms with van der Waals surface area (Å²) in [4.78, 5) is 29.9. The summed E-state index contributed by atoms with van der Waals surface area (Å²) in [7, 11) is 0. The maximum Gasteiger partial charge on any atom is 0.280 e. The van der Waals surface area contributed by atoms with Crippen LogP contribution >= 0.6 is 0 Å². The summed E-state index contributed by atoms with van der Waals surface area (Å²) < 4.78 is 1.28. The van der Waals surface area contributed by atoms with Gasteiger partial charge in [0.15, 0.2) is 0 Å². The lowest BCUT2D eigenvalue weighted by atomic mass is 10.1. The lowest BCUT2D eigenvalue weighted by molar-refractivity contribution is -0.116. The highest BCUT2D eigenvalue weighted by atomic mass is 16.2. The molecule has 0 radical (unpaired) electrons. The first-order chi connectivity index (χ1) is 12.1. The number of carbonyl (C=O) groups excluding carboxylic acids is 1. The molecule has 0 saturated carbocycles. The molecule has 0 aliphatic rings. The van der Waals surface area contributed by atoms with Crippen LogP contribution in [0.15, 0.2) is 53.3 Å². The molecule has 0 aliphatic carbocycles. The van der Waals surface area contributed by atoms with Crippen LogP contribution < -0.4 is 11.0 Å². The van der Waals surface area contributed by atoms with Gasteiger partial charge in [-0.3, -0.25) is 15.0 Å². The Hall–Kier alpha value is -2.95. The number of rotatable bonds is 5. The standard InChI is InChI=1S/C20H21N3O2/c1-3-15-11-8-12-16-19(15)21-17(4-2)23(20(16)25)22-18(24)13-14-9-6-5-7-10-14/h5-12H,3-4,13H2,1-2H3,(H,22,24). The molecule has 5 heteroatoms. The molecule has 3 aromatic rings. The molecule has 0 saturated heterocycles. The van der Waals surface area contributed by atoms with E-state index in [2.05, 4.69) is 10.4 Å². The molecule has 1 aromatic heterocycles. The molecule has 0 fully saturated rings.